The fourth-order valence-electron chi connectivity index (χ4n) is 1.71. The van der Waals surface area contributed by atoms with Crippen molar-refractivity contribution in [2.45, 2.75) is 58.6 Å². The van der Waals surface area contributed by atoms with Crippen LogP contribution in [-0.2, 0) is 4.74 Å². The maximum Gasteiger partial charge on any atom is 0.0801 e. The van der Waals surface area contributed by atoms with Crippen LogP contribution in [0.4, 0.5) is 0 Å². The summed E-state index contributed by atoms with van der Waals surface area (Å²) in [5.74, 6) is 0.564. The summed E-state index contributed by atoms with van der Waals surface area (Å²) >= 11 is 0. The second-order valence-corrected chi connectivity index (χ2v) is 5.33. The van der Waals surface area contributed by atoms with Crippen LogP contribution < -0.4 is 5.32 Å². The molecule has 0 aromatic carbocycles. The van der Waals surface area contributed by atoms with Gasteiger partial charge in [0.2, 0.25) is 0 Å². The fraction of sp³-hybridized carbons (Fsp3) is 1.00. The Kier molecular flexibility index (Phi) is 3.59. The molecular formula is C12H25NO. The highest BCUT2D eigenvalue weighted by molar-refractivity contribution is 4.91. The second kappa shape index (κ2) is 4.19. The molecule has 2 nitrogen and oxygen atoms in total. The van der Waals surface area contributed by atoms with Gasteiger partial charge in [-0.1, -0.05) is 20.8 Å². The van der Waals surface area contributed by atoms with E-state index < -0.39 is 0 Å². The van der Waals surface area contributed by atoms with E-state index in [1.807, 2.05) is 0 Å². The van der Waals surface area contributed by atoms with Crippen LogP contribution in [0.5, 0.6) is 0 Å². The van der Waals surface area contributed by atoms with Crippen molar-refractivity contribution in [3.8, 4) is 0 Å². The summed E-state index contributed by atoms with van der Waals surface area (Å²) in [4.78, 5) is 0. The van der Waals surface area contributed by atoms with E-state index >= 15 is 0 Å². The minimum absolute atomic E-state index is 0.00687. The van der Waals surface area contributed by atoms with Gasteiger partial charge in [0.05, 0.1) is 5.60 Å². The van der Waals surface area contributed by atoms with Crippen LogP contribution in [0.1, 0.15) is 47.5 Å². The van der Waals surface area contributed by atoms with E-state index in [4.69, 9.17) is 4.74 Å². The molecule has 0 aromatic heterocycles. The summed E-state index contributed by atoms with van der Waals surface area (Å²) in [5.41, 5.74) is 0.277. The average Bonchev–Trinajstić information content (AvgIpc) is 2.29. The monoisotopic (exact) mass is 199 g/mol. The molecule has 1 saturated heterocycles. The Morgan fingerprint density at radius 3 is 2.50 bits per heavy atom. The molecule has 0 radical (unpaired) electrons. The zero-order chi connectivity index (χ0) is 10.8. The zero-order valence-electron chi connectivity index (χ0n) is 10.3. The zero-order valence-corrected chi connectivity index (χ0v) is 10.3. The SMILES string of the molecule is CCC1(C)CCOC(C)(C(C)C)CN1. The Hall–Kier alpha value is -0.0800. The van der Waals surface area contributed by atoms with Crippen molar-refractivity contribution in [1.29, 1.82) is 0 Å². The Bertz CT molecular complexity index is 193. The molecule has 1 fully saturated rings. The third-order valence-corrected chi connectivity index (χ3v) is 3.95. The van der Waals surface area contributed by atoms with Crippen molar-refractivity contribution in [1.82, 2.24) is 5.32 Å². The predicted molar refractivity (Wildman–Crippen MR) is 60.5 cm³/mol. The number of ether oxygens (including phenoxy) is 1. The number of hydrogen-bond donors (Lipinski definition) is 1. The molecule has 1 heterocycles. The van der Waals surface area contributed by atoms with Crippen LogP contribution >= 0.6 is 0 Å². The van der Waals surface area contributed by atoms with Crippen LogP contribution in [-0.4, -0.2) is 24.3 Å². The molecule has 1 aliphatic rings. The van der Waals surface area contributed by atoms with E-state index in [2.05, 4.69) is 39.9 Å². The van der Waals surface area contributed by atoms with Gasteiger partial charge < -0.3 is 10.1 Å². The Morgan fingerprint density at radius 1 is 1.36 bits per heavy atom. The van der Waals surface area contributed by atoms with E-state index in [1.54, 1.807) is 0 Å². The molecule has 1 aliphatic heterocycles. The van der Waals surface area contributed by atoms with Gasteiger partial charge in [-0.05, 0) is 32.6 Å². The summed E-state index contributed by atoms with van der Waals surface area (Å²) in [7, 11) is 0. The molecule has 14 heavy (non-hydrogen) atoms. The first-order valence-electron chi connectivity index (χ1n) is 5.81. The van der Waals surface area contributed by atoms with E-state index in [0.717, 1.165) is 19.6 Å². The molecule has 0 bridgehead atoms. The minimum Gasteiger partial charge on any atom is -0.374 e. The molecule has 0 amide bonds. The van der Waals surface area contributed by atoms with E-state index in [1.165, 1.54) is 6.42 Å². The van der Waals surface area contributed by atoms with Crippen LogP contribution in [0.2, 0.25) is 0 Å². The van der Waals surface area contributed by atoms with Crippen LogP contribution in [0.25, 0.3) is 0 Å². The maximum absolute atomic E-state index is 5.99. The highest BCUT2D eigenvalue weighted by Crippen LogP contribution is 2.27. The molecule has 2 atom stereocenters. The first-order valence-corrected chi connectivity index (χ1v) is 5.81. The lowest BCUT2D eigenvalue weighted by atomic mass is 9.90. The Balaban J connectivity index is 2.65. The second-order valence-electron chi connectivity index (χ2n) is 5.33. The molecule has 0 saturated carbocycles. The topological polar surface area (TPSA) is 21.3 Å². The highest BCUT2D eigenvalue weighted by Gasteiger charge is 2.35. The van der Waals surface area contributed by atoms with Gasteiger partial charge in [-0.25, -0.2) is 0 Å². The van der Waals surface area contributed by atoms with Crippen molar-refractivity contribution in [3.63, 3.8) is 0 Å². The Labute approximate surface area is 88.4 Å². The summed E-state index contributed by atoms with van der Waals surface area (Å²) < 4.78 is 5.99. The lowest BCUT2D eigenvalue weighted by Gasteiger charge is -2.34. The number of hydrogen-bond acceptors (Lipinski definition) is 2. The Morgan fingerprint density at radius 2 is 2.00 bits per heavy atom. The molecule has 0 aromatic rings. The van der Waals surface area contributed by atoms with Gasteiger partial charge in [0.1, 0.15) is 0 Å². The van der Waals surface area contributed by atoms with Crippen molar-refractivity contribution in [2.75, 3.05) is 13.2 Å². The summed E-state index contributed by atoms with van der Waals surface area (Å²) in [5, 5.41) is 3.65. The van der Waals surface area contributed by atoms with E-state index in [-0.39, 0.29) is 11.1 Å². The number of nitrogens with one attached hydrogen (secondary N) is 1. The van der Waals surface area contributed by atoms with Crippen LogP contribution in [0.3, 0.4) is 0 Å². The van der Waals surface area contributed by atoms with E-state index in [9.17, 15) is 0 Å². The first-order chi connectivity index (χ1) is 6.42. The molecule has 84 valence electrons. The highest BCUT2D eigenvalue weighted by atomic mass is 16.5. The lowest BCUT2D eigenvalue weighted by Crippen LogP contribution is -2.48. The van der Waals surface area contributed by atoms with Crippen molar-refractivity contribution in [3.05, 3.63) is 0 Å². The third kappa shape index (κ3) is 2.48. The molecule has 0 aliphatic carbocycles. The normalized spacial score (nSPS) is 39.9. The summed E-state index contributed by atoms with van der Waals surface area (Å²) in [6.45, 7) is 13.1. The maximum atomic E-state index is 5.99. The first kappa shape index (κ1) is 12.0. The van der Waals surface area contributed by atoms with Gasteiger partial charge in [0.15, 0.2) is 0 Å². The van der Waals surface area contributed by atoms with Crippen molar-refractivity contribution < 1.29 is 4.74 Å². The molecule has 2 heteroatoms. The predicted octanol–water partition coefficient (Wildman–Crippen LogP) is 2.58. The molecule has 1 N–H and O–H groups in total. The van der Waals surface area contributed by atoms with Gasteiger partial charge >= 0.3 is 0 Å². The van der Waals surface area contributed by atoms with Crippen LogP contribution in [0.15, 0.2) is 0 Å². The standard InChI is InChI=1S/C12H25NO/c1-6-11(4)7-8-14-12(5,9-13-11)10(2)3/h10,13H,6-9H2,1-5H3. The smallest absolute Gasteiger partial charge is 0.0801 e. The van der Waals surface area contributed by atoms with Crippen molar-refractivity contribution in [2.24, 2.45) is 5.92 Å². The molecule has 1 rings (SSSR count). The van der Waals surface area contributed by atoms with Gasteiger partial charge in [0, 0.05) is 18.7 Å². The summed E-state index contributed by atoms with van der Waals surface area (Å²) in [6.07, 6.45) is 2.29. The molecule has 2 unspecified atom stereocenters. The van der Waals surface area contributed by atoms with Crippen molar-refractivity contribution >= 4 is 0 Å². The lowest BCUT2D eigenvalue weighted by molar-refractivity contribution is -0.0522. The fourth-order valence-corrected chi connectivity index (χ4v) is 1.71. The minimum atomic E-state index is 0.00687. The van der Waals surface area contributed by atoms with Crippen LogP contribution in [0, 0.1) is 5.92 Å². The van der Waals surface area contributed by atoms with Gasteiger partial charge in [-0.3, -0.25) is 0 Å². The van der Waals surface area contributed by atoms with Gasteiger partial charge in [-0.15, -0.1) is 0 Å². The third-order valence-electron chi connectivity index (χ3n) is 3.95. The average molecular weight is 199 g/mol. The van der Waals surface area contributed by atoms with Gasteiger partial charge in [-0.2, -0.15) is 0 Å². The summed E-state index contributed by atoms with van der Waals surface area (Å²) in [6, 6.07) is 0. The quantitative estimate of drug-likeness (QED) is 0.738. The largest absolute Gasteiger partial charge is 0.374 e. The molecular weight excluding hydrogens is 174 g/mol. The van der Waals surface area contributed by atoms with E-state index in [0.29, 0.717) is 5.92 Å². The number of rotatable bonds is 2. The molecule has 0 spiro atoms. The van der Waals surface area contributed by atoms with Gasteiger partial charge in [0.25, 0.3) is 0 Å².